The van der Waals surface area contributed by atoms with Gasteiger partial charge in [0.25, 0.3) is 0 Å². The fourth-order valence-electron chi connectivity index (χ4n) is 5.01. The SMILES string of the molecule is CCCC[C@]1(CC)CS(=O)(=O)c2cc(CN[C@H](C(O)O)[C@@H](C)O)c(OC)cc2[C@@H](c2ccccc2)N1. The van der Waals surface area contributed by atoms with E-state index in [4.69, 9.17) is 4.74 Å². The quantitative estimate of drug-likeness (QED) is 0.286. The molecule has 0 fully saturated rings. The van der Waals surface area contributed by atoms with Crippen LogP contribution in [0.1, 0.15) is 69.2 Å². The summed E-state index contributed by atoms with van der Waals surface area (Å²) in [6.07, 6.45) is 0.479. The molecule has 0 saturated carbocycles. The molecular formula is C27H40N2O6S. The number of fused-ring (bicyclic) bond motifs is 1. The second kappa shape index (κ2) is 12.0. The van der Waals surface area contributed by atoms with Crippen LogP contribution in [0.2, 0.25) is 0 Å². The average molecular weight is 521 g/mol. The Labute approximate surface area is 214 Å². The first-order valence-corrected chi connectivity index (χ1v) is 14.3. The van der Waals surface area contributed by atoms with E-state index in [0.717, 1.165) is 24.8 Å². The maximum atomic E-state index is 13.9. The zero-order valence-corrected chi connectivity index (χ0v) is 22.4. The van der Waals surface area contributed by atoms with Crippen LogP contribution in [0.15, 0.2) is 47.4 Å². The Morgan fingerprint density at radius 1 is 1.17 bits per heavy atom. The molecule has 200 valence electrons. The van der Waals surface area contributed by atoms with Gasteiger partial charge in [-0.1, -0.05) is 57.0 Å². The van der Waals surface area contributed by atoms with E-state index in [0.29, 0.717) is 23.3 Å². The first-order valence-electron chi connectivity index (χ1n) is 12.6. The van der Waals surface area contributed by atoms with Crippen LogP contribution in [0.25, 0.3) is 0 Å². The lowest BCUT2D eigenvalue weighted by molar-refractivity contribution is -0.0937. The van der Waals surface area contributed by atoms with Crippen LogP contribution in [-0.2, 0) is 16.4 Å². The molecule has 0 unspecified atom stereocenters. The van der Waals surface area contributed by atoms with Crippen molar-refractivity contribution in [3.05, 3.63) is 59.2 Å². The van der Waals surface area contributed by atoms with Gasteiger partial charge in [0.05, 0.1) is 35.9 Å². The van der Waals surface area contributed by atoms with Gasteiger partial charge in [-0.15, -0.1) is 0 Å². The Morgan fingerprint density at radius 3 is 2.42 bits per heavy atom. The zero-order chi connectivity index (χ0) is 26.5. The summed E-state index contributed by atoms with van der Waals surface area (Å²) >= 11 is 0. The summed E-state index contributed by atoms with van der Waals surface area (Å²) in [5.74, 6) is 0.464. The average Bonchev–Trinajstić information content (AvgIpc) is 2.94. The molecule has 1 aliphatic rings. The Hall–Kier alpha value is -2.01. The van der Waals surface area contributed by atoms with E-state index in [-0.39, 0.29) is 23.2 Å². The van der Waals surface area contributed by atoms with Gasteiger partial charge in [0.15, 0.2) is 16.1 Å². The molecule has 0 saturated heterocycles. The van der Waals surface area contributed by atoms with Gasteiger partial charge in [-0.05, 0) is 43.0 Å². The van der Waals surface area contributed by atoms with Gasteiger partial charge >= 0.3 is 0 Å². The Balaban J connectivity index is 2.16. The highest BCUT2D eigenvalue weighted by molar-refractivity contribution is 7.91. The minimum atomic E-state index is -3.68. The fraction of sp³-hybridized carbons (Fsp3) is 0.556. The Morgan fingerprint density at radius 2 is 1.86 bits per heavy atom. The second-order valence-electron chi connectivity index (χ2n) is 9.75. The summed E-state index contributed by atoms with van der Waals surface area (Å²) < 4.78 is 33.4. The normalized spacial score (nSPS) is 23.1. The summed E-state index contributed by atoms with van der Waals surface area (Å²) in [6, 6.07) is 11.9. The Bertz CT molecular complexity index is 1100. The molecule has 0 aromatic heterocycles. The van der Waals surface area contributed by atoms with Crippen molar-refractivity contribution < 1.29 is 28.5 Å². The van der Waals surface area contributed by atoms with E-state index in [2.05, 4.69) is 17.6 Å². The van der Waals surface area contributed by atoms with Crippen LogP contribution in [0.4, 0.5) is 0 Å². The molecule has 3 rings (SSSR count). The monoisotopic (exact) mass is 520 g/mol. The van der Waals surface area contributed by atoms with Crippen LogP contribution in [0.5, 0.6) is 5.75 Å². The van der Waals surface area contributed by atoms with Crippen LogP contribution in [0.3, 0.4) is 0 Å². The standard InChI is InChI=1S/C27H40N2O6S/c1-5-7-13-27(6-2)17-36(33,34)23-14-20(16-28-24(18(3)30)26(31)32)22(35-4)15-21(23)25(29-27)19-11-9-8-10-12-19/h8-12,14-15,18,24-26,28-32H,5-7,13,16-17H2,1-4H3/t18-,24+,25-,27-/m1/s1. The summed E-state index contributed by atoms with van der Waals surface area (Å²) in [4.78, 5) is 0.242. The minimum absolute atomic E-state index is 0.0162. The highest BCUT2D eigenvalue weighted by Crippen LogP contribution is 2.40. The number of aliphatic hydroxyl groups excluding tert-OH is 2. The van der Waals surface area contributed by atoms with Gasteiger partial charge in [0, 0.05) is 17.6 Å². The van der Waals surface area contributed by atoms with Crippen molar-refractivity contribution in [2.45, 2.75) is 87.9 Å². The highest BCUT2D eigenvalue weighted by atomic mass is 32.2. The molecule has 4 atom stereocenters. The molecule has 2 aromatic rings. The first kappa shape index (κ1) is 28.6. The van der Waals surface area contributed by atoms with Gasteiger partial charge in [0.2, 0.25) is 0 Å². The summed E-state index contributed by atoms with van der Waals surface area (Å²) in [6.45, 7) is 5.67. The number of aliphatic hydroxyl groups is 3. The van der Waals surface area contributed by atoms with E-state index in [9.17, 15) is 23.7 Å². The van der Waals surface area contributed by atoms with Crippen molar-refractivity contribution in [2.75, 3.05) is 12.9 Å². The van der Waals surface area contributed by atoms with Crippen LogP contribution in [0, 0.1) is 0 Å². The number of unbranched alkanes of at least 4 members (excludes halogenated alkanes) is 1. The molecule has 8 nitrogen and oxygen atoms in total. The van der Waals surface area contributed by atoms with Crippen LogP contribution in [-0.4, -0.2) is 60.6 Å². The topological polar surface area (TPSA) is 128 Å². The third-order valence-electron chi connectivity index (χ3n) is 7.16. The lowest BCUT2D eigenvalue weighted by Gasteiger charge is -2.36. The van der Waals surface area contributed by atoms with Crippen LogP contribution < -0.4 is 15.4 Å². The molecule has 0 bridgehead atoms. The largest absolute Gasteiger partial charge is 0.496 e. The number of sulfone groups is 1. The third kappa shape index (κ3) is 6.27. The van der Waals surface area contributed by atoms with Gasteiger partial charge in [-0.25, -0.2) is 8.42 Å². The molecule has 1 heterocycles. The van der Waals surface area contributed by atoms with E-state index in [1.54, 1.807) is 12.1 Å². The second-order valence-corrected chi connectivity index (χ2v) is 11.7. The smallest absolute Gasteiger partial charge is 0.180 e. The van der Waals surface area contributed by atoms with E-state index >= 15 is 0 Å². The molecule has 9 heteroatoms. The van der Waals surface area contributed by atoms with Crippen molar-refractivity contribution in [3.8, 4) is 5.75 Å². The first-order chi connectivity index (χ1) is 17.1. The molecule has 1 aliphatic heterocycles. The van der Waals surface area contributed by atoms with Crippen molar-refractivity contribution in [1.82, 2.24) is 10.6 Å². The molecular weight excluding hydrogens is 480 g/mol. The third-order valence-corrected chi connectivity index (χ3v) is 9.12. The number of nitrogens with one attached hydrogen (secondary N) is 2. The van der Waals surface area contributed by atoms with Crippen molar-refractivity contribution in [1.29, 1.82) is 0 Å². The van der Waals surface area contributed by atoms with E-state index in [1.807, 2.05) is 37.3 Å². The maximum Gasteiger partial charge on any atom is 0.180 e. The number of benzene rings is 2. The summed E-state index contributed by atoms with van der Waals surface area (Å²) in [7, 11) is -2.16. The molecule has 0 spiro atoms. The maximum absolute atomic E-state index is 13.9. The molecule has 2 aromatic carbocycles. The van der Waals surface area contributed by atoms with Gasteiger partial charge in [-0.2, -0.15) is 0 Å². The van der Waals surface area contributed by atoms with Crippen molar-refractivity contribution in [2.24, 2.45) is 0 Å². The number of hydrogen-bond donors (Lipinski definition) is 5. The molecule has 0 radical (unpaired) electrons. The predicted molar refractivity (Wildman–Crippen MR) is 140 cm³/mol. The Kier molecular flexibility index (Phi) is 9.54. The number of methoxy groups -OCH3 is 1. The predicted octanol–water partition coefficient (Wildman–Crippen LogP) is 2.65. The lowest BCUT2D eigenvalue weighted by Crippen LogP contribution is -2.50. The highest BCUT2D eigenvalue weighted by Gasteiger charge is 2.42. The van der Waals surface area contributed by atoms with Crippen molar-refractivity contribution >= 4 is 9.84 Å². The molecule has 0 amide bonds. The van der Waals surface area contributed by atoms with E-state index < -0.39 is 33.8 Å². The lowest BCUT2D eigenvalue weighted by atomic mass is 9.88. The zero-order valence-electron chi connectivity index (χ0n) is 21.6. The number of hydrogen-bond acceptors (Lipinski definition) is 8. The minimum Gasteiger partial charge on any atom is -0.496 e. The molecule has 5 N–H and O–H groups in total. The number of ether oxygens (including phenoxy) is 1. The summed E-state index contributed by atoms with van der Waals surface area (Å²) in [5.41, 5.74) is 1.56. The van der Waals surface area contributed by atoms with Gasteiger partial charge < -0.3 is 25.4 Å². The molecule has 36 heavy (non-hydrogen) atoms. The number of rotatable bonds is 11. The fourth-order valence-corrected chi connectivity index (χ4v) is 7.18. The van der Waals surface area contributed by atoms with Crippen LogP contribution >= 0.6 is 0 Å². The van der Waals surface area contributed by atoms with Gasteiger partial charge in [-0.3, -0.25) is 5.32 Å². The van der Waals surface area contributed by atoms with E-state index in [1.165, 1.54) is 14.0 Å². The van der Waals surface area contributed by atoms with Gasteiger partial charge in [0.1, 0.15) is 5.75 Å². The summed E-state index contributed by atoms with van der Waals surface area (Å²) in [5, 5.41) is 35.8. The van der Waals surface area contributed by atoms with Crippen molar-refractivity contribution in [3.63, 3.8) is 0 Å². The molecule has 0 aliphatic carbocycles.